The fourth-order valence-corrected chi connectivity index (χ4v) is 1.14. The van der Waals surface area contributed by atoms with E-state index in [-0.39, 0.29) is 12.4 Å². The van der Waals surface area contributed by atoms with E-state index in [1.54, 1.807) is 26.5 Å². The molecule has 1 rings (SSSR count). The van der Waals surface area contributed by atoms with E-state index in [4.69, 9.17) is 21.1 Å². The van der Waals surface area contributed by atoms with Gasteiger partial charge in [-0.25, -0.2) is 0 Å². The Bertz CT molecular complexity index is 370. The predicted octanol–water partition coefficient (Wildman–Crippen LogP) is 5.07. The van der Waals surface area contributed by atoms with E-state index in [1.165, 1.54) is 0 Å². The number of halogens is 5. The molecule has 1 heterocycles. The summed E-state index contributed by atoms with van der Waals surface area (Å²) in [5.74, 6) is 1.58. The Morgan fingerprint density at radius 2 is 1.78 bits per heavy atom. The Kier molecular flexibility index (Phi) is 11.8. The van der Waals surface area contributed by atoms with E-state index in [1.807, 2.05) is 0 Å². The Hall–Kier alpha value is 0.430. The molecule has 0 atom stereocenters. The first-order chi connectivity index (χ1) is 7.83. The molecule has 0 saturated heterocycles. The lowest BCUT2D eigenvalue weighted by atomic mass is 10.3. The van der Waals surface area contributed by atoms with Gasteiger partial charge in [0.2, 0.25) is 0 Å². The van der Waals surface area contributed by atoms with Crippen LogP contribution in [-0.4, -0.2) is 19.2 Å². The van der Waals surface area contributed by atoms with Crippen LogP contribution in [0.25, 0.3) is 0 Å². The average molecular weight is 377 g/mol. The zero-order chi connectivity index (χ0) is 13.5. The van der Waals surface area contributed by atoms with E-state index < -0.39 is 5.20 Å². The van der Waals surface area contributed by atoms with Gasteiger partial charge in [0.05, 0.1) is 20.1 Å². The molecule has 0 bridgehead atoms. The van der Waals surface area contributed by atoms with Crippen molar-refractivity contribution in [2.45, 2.75) is 5.88 Å². The first-order valence-corrected chi connectivity index (χ1v) is 9.10. The molecule has 4 nitrogen and oxygen atoms in total. The van der Waals surface area contributed by atoms with Gasteiger partial charge in [0, 0.05) is 12.3 Å². The van der Waals surface area contributed by atoms with Gasteiger partial charge < -0.3 is 9.47 Å². The standard InChI is InChI=1S/C8H10ClNO2.Cl3OP.ClH/c1-11-7-3-4-10-6(5-9)8(7)12-2;1-5(2,3)4;/h3-4H,5H2,1-2H3;;1H. The number of rotatable bonds is 3. The number of nitrogens with zero attached hydrogens (tertiary/aromatic N) is 1. The highest BCUT2D eigenvalue weighted by molar-refractivity contribution is 8.24. The van der Waals surface area contributed by atoms with Gasteiger partial charge in [0.25, 0.3) is 0 Å². The lowest BCUT2D eigenvalue weighted by Gasteiger charge is -2.08. The van der Waals surface area contributed by atoms with Crippen LogP contribution < -0.4 is 9.47 Å². The molecule has 18 heavy (non-hydrogen) atoms. The summed E-state index contributed by atoms with van der Waals surface area (Å²) in [4.78, 5) is 4.04. The largest absolute Gasteiger partial charge is 0.493 e. The van der Waals surface area contributed by atoms with Crippen LogP contribution in [0.3, 0.4) is 0 Å². The summed E-state index contributed by atoms with van der Waals surface area (Å²) in [7, 11) is 3.14. The molecule has 0 aromatic carbocycles. The van der Waals surface area contributed by atoms with Crippen molar-refractivity contribution >= 4 is 62.9 Å². The van der Waals surface area contributed by atoms with E-state index in [0.29, 0.717) is 23.1 Å². The van der Waals surface area contributed by atoms with Gasteiger partial charge in [-0.2, -0.15) is 0 Å². The van der Waals surface area contributed by atoms with Crippen molar-refractivity contribution in [3.05, 3.63) is 18.0 Å². The number of pyridine rings is 1. The van der Waals surface area contributed by atoms with Crippen LogP contribution in [-0.2, 0) is 10.4 Å². The molecule has 1 aromatic rings. The minimum absolute atomic E-state index is 0. The number of hydrogen-bond donors (Lipinski definition) is 0. The van der Waals surface area contributed by atoms with Gasteiger partial charge in [-0.05, 0) is 33.7 Å². The second-order valence-electron chi connectivity index (χ2n) is 2.53. The minimum atomic E-state index is -3.22. The lowest BCUT2D eigenvalue weighted by molar-refractivity contribution is 0.350. The van der Waals surface area contributed by atoms with Crippen LogP contribution in [0.2, 0.25) is 0 Å². The molecule has 10 heteroatoms. The quantitative estimate of drug-likeness (QED) is 0.545. The molecule has 0 aliphatic carbocycles. The monoisotopic (exact) mass is 375 g/mol. The van der Waals surface area contributed by atoms with Crippen molar-refractivity contribution in [2.24, 2.45) is 0 Å². The normalized spacial score (nSPS) is 9.67. The SMILES string of the molecule is COc1ccnc(CCl)c1OC.Cl.O=P(Cl)(Cl)Cl. The summed E-state index contributed by atoms with van der Waals surface area (Å²) in [5, 5.41) is -3.22. The second kappa shape index (κ2) is 10.2. The lowest BCUT2D eigenvalue weighted by Crippen LogP contribution is -1.96. The highest BCUT2D eigenvalue weighted by Gasteiger charge is 2.08. The van der Waals surface area contributed by atoms with E-state index in [2.05, 4.69) is 38.7 Å². The molecule has 1 aromatic heterocycles. The van der Waals surface area contributed by atoms with Crippen LogP contribution >= 0.6 is 62.9 Å². The summed E-state index contributed by atoms with van der Waals surface area (Å²) in [6.07, 6.45) is 1.64. The zero-order valence-corrected chi connectivity index (χ0v) is 14.1. The highest BCUT2D eigenvalue weighted by atomic mass is 36.0. The van der Waals surface area contributed by atoms with Crippen LogP contribution in [0, 0.1) is 0 Å². The minimum Gasteiger partial charge on any atom is -0.493 e. The summed E-state index contributed by atoms with van der Waals surface area (Å²) < 4.78 is 19.7. The van der Waals surface area contributed by atoms with Gasteiger partial charge in [0.1, 0.15) is 5.69 Å². The van der Waals surface area contributed by atoms with Crippen LogP contribution in [0.5, 0.6) is 11.5 Å². The maximum Gasteiger partial charge on any atom is 0.339 e. The van der Waals surface area contributed by atoms with Crippen LogP contribution in [0.1, 0.15) is 5.69 Å². The van der Waals surface area contributed by atoms with Gasteiger partial charge in [-0.1, -0.05) is 0 Å². The third-order valence-electron chi connectivity index (χ3n) is 1.49. The molecule has 0 N–H and O–H groups in total. The number of hydrogen-bond acceptors (Lipinski definition) is 4. The summed E-state index contributed by atoms with van der Waals surface area (Å²) in [6, 6.07) is 1.73. The fraction of sp³-hybridized carbons (Fsp3) is 0.375. The smallest absolute Gasteiger partial charge is 0.339 e. The summed E-state index contributed by atoms with van der Waals surface area (Å²) in [5.41, 5.74) is 0.693. The number of alkyl halides is 1. The van der Waals surface area contributed by atoms with Gasteiger partial charge in [-0.15, -0.1) is 24.0 Å². The Morgan fingerprint density at radius 1 is 1.28 bits per heavy atom. The molecule has 0 amide bonds. The first-order valence-electron chi connectivity index (χ1n) is 4.14. The maximum absolute atomic E-state index is 9.51. The topological polar surface area (TPSA) is 48.4 Å². The molecule has 0 spiro atoms. The third kappa shape index (κ3) is 9.37. The summed E-state index contributed by atoms with van der Waals surface area (Å²) in [6.45, 7) is 0. The van der Waals surface area contributed by atoms with Crippen molar-refractivity contribution in [3.63, 3.8) is 0 Å². The van der Waals surface area contributed by atoms with Crippen molar-refractivity contribution in [1.29, 1.82) is 0 Å². The number of methoxy groups -OCH3 is 2. The molecule has 0 radical (unpaired) electrons. The van der Waals surface area contributed by atoms with Crippen molar-refractivity contribution in [2.75, 3.05) is 14.2 Å². The summed E-state index contributed by atoms with van der Waals surface area (Å²) >= 11 is 19.5. The van der Waals surface area contributed by atoms with Crippen molar-refractivity contribution in [1.82, 2.24) is 4.98 Å². The van der Waals surface area contributed by atoms with Crippen molar-refractivity contribution < 1.29 is 14.0 Å². The highest BCUT2D eigenvalue weighted by Crippen LogP contribution is 2.61. The predicted molar refractivity (Wildman–Crippen MR) is 79.3 cm³/mol. The number of ether oxygens (including phenoxy) is 2. The van der Waals surface area contributed by atoms with Crippen molar-refractivity contribution in [3.8, 4) is 11.5 Å². The van der Waals surface area contributed by atoms with Crippen LogP contribution in [0.15, 0.2) is 12.3 Å². The van der Waals surface area contributed by atoms with E-state index in [0.717, 1.165) is 0 Å². The molecular weight excluding hydrogens is 366 g/mol. The van der Waals surface area contributed by atoms with Gasteiger partial charge in [0.15, 0.2) is 11.5 Å². The van der Waals surface area contributed by atoms with E-state index >= 15 is 0 Å². The van der Waals surface area contributed by atoms with Gasteiger partial charge in [-0.3, -0.25) is 9.55 Å². The molecule has 0 aliphatic heterocycles. The second-order valence-corrected chi connectivity index (χ2v) is 9.43. The van der Waals surface area contributed by atoms with Crippen LogP contribution in [0.4, 0.5) is 0 Å². The molecule has 0 saturated carbocycles. The third-order valence-corrected chi connectivity index (χ3v) is 1.75. The molecular formula is C8H11Cl5NO3P. The molecule has 0 aliphatic rings. The Labute approximate surface area is 131 Å². The molecule has 106 valence electrons. The molecule has 0 fully saturated rings. The van der Waals surface area contributed by atoms with Gasteiger partial charge >= 0.3 is 5.20 Å². The molecule has 0 unspecified atom stereocenters. The zero-order valence-electron chi connectivity index (χ0n) is 9.40. The number of aromatic nitrogens is 1. The average Bonchev–Trinajstić information content (AvgIpc) is 2.25. The fourth-order valence-electron chi connectivity index (χ4n) is 0.946. The first kappa shape index (κ1) is 20.7. The Morgan fingerprint density at radius 3 is 2.11 bits per heavy atom. The Balaban J connectivity index is 0. The maximum atomic E-state index is 9.51. The van der Waals surface area contributed by atoms with E-state index in [9.17, 15) is 4.57 Å².